The highest BCUT2D eigenvalue weighted by atomic mass is 32.1. The van der Waals surface area contributed by atoms with E-state index in [9.17, 15) is 0 Å². The first-order valence-electron chi connectivity index (χ1n) is 4.24. The molecule has 0 aliphatic rings. The van der Waals surface area contributed by atoms with E-state index >= 15 is 0 Å². The zero-order valence-corrected chi connectivity index (χ0v) is 9.28. The molecule has 1 nitrogen and oxygen atoms in total. The SMILES string of the molecule is CC[C@@](C)(/C=C\N)/C(C)=C(\C)S. The number of hydrogen-bond donors (Lipinski definition) is 2. The molecule has 0 aromatic heterocycles. The van der Waals surface area contributed by atoms with Gasteiger partial charge in [0.25, 0.3) is 0 Å². The highest BCUT2D eigenvalue weighted by molar-refractivity contribution is 7.84. The second-order valence-corrected chi connectivity index (χ2v) is 4.01. The molecule has 0 rings (SSSR count). The molecule has 0 heterocycles. The molecular formula is C10H19NS. The van der Waals surface area contributed by atoms with E-state index in [-0.39, 0.29) is 5.41 Å². The lowest BCUT2D eigenvalue weighted by Gasteiger charge is -2.26. The summed E-state index contributed by atoms with van der Waals surface area (Å²) in [6.07, 6.45) is 4.69. The van der Waals surface area contributed by atoms with Gasteiger partial charge in [-0.2, -0.15) is 0 Å². The Bertz CT molecular complexity index is 202. The van der Waals surface area contributed by atoms with Crippen molar-refractivity contribution in [3.05, 3.63) is 22.8 Å². The van der Waals surface area contributed by atoms with E-state index in [0.29, 0.717) is 0 Å². The average molecular weight is 185 g/mol. The Morgan fingerprint density at radius 3 is 2.25 bits per heavy atom. The van der Waals surface area contributed by atoms with Crippen molar-refractivity contribution in [3.8, 4) is 0 Å². The predicted octanol–water partition coefficient (Wildman–Crippen LogP) is 3.10. The van der Waals surface area contributed by atoms with Gasteiger partial charge in [-0.1, -0.05) is 25.5 Å². The van der Waals surface area contributed by atoms with Crippen molar-refractivity contribution in [3.63, 3.8) is 0 Å². The summed E-state index contributed by atoms with van der Waals surface area (Å²) in [4.78, 5) is 1.08. The molecule has 0 aliphatic heterocycles. The number of nitrogens with two attached hydrogens (primary N) is 1. The van der Waals surface area contributed by atoms with E-state index in [4.69, 9.17) is 5.73 Å². The zero-order valence-electron chi connectivity index (χ0n) is 8.39. The van der Waals surface area contributed by atoms with Crippen LogP contribution in [0.25, 0.3) is 0 Å². The molecule has 1 atom stereocenters. The molecule has 0 aromatic rings. The number of thiol groups is 1. The maximum atomic E-state index is 5.40. The van der Waals surface area contributed by atoms with Crippen molar-refractivity contribution in [1.29, 1.82) is 0 Å². The Balaban J connectivity index is 4.88. The Morgan fingerprint density at radius 1 is 1.50 bits per heavy atom. The monoisotopic (exact) mass is 185 g/mol. The maximum Gasteiger partial charge on any atom is 0.00849 e. The Labute approximate surface area is 81.1 Å². The van der Waals surface area contributed by atoms with Crippen LogP contribution in [0.3, 0.4) is 0 Å². The normalized spacial score (nSPS) is 19.1. The lowest BCUT2D eigenvalue weighted by Crippen LogP contribution is -2.14. The first-order valence-corrected chi connectivity index (χ1v) is 4.69. The van der Waals surface area contributed by atoms with E-state index < -0.39 is 0 Å². The van der Waals surface area contributed by atoms with Gasteiger partial charge in [-0.15, -0.1) is 12.6 Å². The summed E-state index contributed by atoms with van der Waals surface area (Å²) in [5.41, 5.74) is 6.76. The standard InChI is InChI=1S/C10H19NS/c1-5-10(4,6-7-11)8(2)9(3)12/h6-7,12H,5,11H2,1-4H3/b7-6-,9-8+/t10-/m0/s1. The largest absolute Gasteiger partial charge is 0.405 e. The van der Waals surface area contributed by atoms with Crippen LogP contribution in [0.5, 0.6) is 0 Å². The van der Waals surface area contributed by atoms with E-state index in [1.54, 1.807) is 6.20 Å². The highest BCUT2D eigenvalue weighted by Crippen LogP contribution is 2.34. The predicted molar refractivity (Wildman–Crippen MR) is 59.1 cm³/mol. The molecule has 0 spiro atoms. The second kappa shape index (κ2) is 4.61. The van der Waals surface area contributed by atoms with Crippen molar-refractivity contribution in [1.82, 2.24) is 0 Å². The van der Waals surface area contributed by atoms with Gasteiger partial charge in [0.15, 0.2) is 0 Å². The van der Waals surface area contributed by atoms with Gasteiger partial charge in [0.05, 0.1) is 0 Å². The molecule has 0 saturated carbocycles. The maximum absolute atomic E-state index is 5.40. The summed E-state index contributed by atoms with van der Waals surface area (Å²) in [5.74, 6) is 0. The van der Waals surface area contributed by atoms with Gasteiger partial charge in [0.1, 0.15) is 0 Å². The molecule has 2 heteroatoms. The fraction of sp³-hybridized carbons (Fsp3) is 0.600. The first kappa shape index (κ1) is 11.6. The summed E-state index contributed by atoms with van der Waals surface area (Å²) in [6, 6.07) is 0. The van der Waals surface area contributed by atoms with Gasteiger partial charge in [0.2, 0.25) is 0 Å². The molecule has 2 N–H and O–H groups in total. The molecule has 0 fully saturated rings. The average Bonchev–Trinajstić information content (AvgIpc) is 2.03. The third-order valence-electron chi connectivity index (χ3n) is 2.60. The van der Waals surface area contributed by atoms with Gasteiger partial charge in [-0.05, 0) is 31.4 Å². The topological polar surface area (TPSA) is 26.0 Å². The van der Waals surface area contributed by atoms with E-state index in [1.165, 1.54) is 5.57 Å². The van der Waals surface area contributed by atoms with Crippen molar-refractivity contribution in [2.75, 3.05) is 0 Å². The molecule has 0 amide bonds. The lowest BCUT2D eigenvalue weighted by atomic mass is 9.80. The molecule has 0 bridgehead atoms. The summed E-state index contributed by atoms with van der Waals surface area (Å²) in [5, 5.41) is 0. The first-order chi connectivity index (χ1) is 5.48. The lowest BCUT2D eigenvalue weighted by molar-refractivity contribution is 0.491. The van der Waals surface area contributed by atoms with Crippen LogP contribution in [0.2, 0.25) is 0 Å². The third kappa shape index (κ3) is 2.59. The Morgan fingerprint density at radius 2 is 2.00 bits per heavy atom. The molecular weight excluding hydrogens is 166 g/mol. The molecule has 12 heavy (non-hydrogen) atoms. The molecule has 0 radical (unpaired) electrons. The molecule has 0 aromatic carbocycles. The molecule has 0 unspecified atom stereocenters. The van der Waals surface area contributed by atoms with Crippen LogP contribution in [0.15, 0.2) is 22.8 Å². The van der Waals surface area contributed by atoms with Gasteiger partial charge < -0.3 is 5.73 Å². The zero-order chi connectivity index (χ0) is 9.78. The van der Waals surface area contributed by atoms with Gasteiger partial charge in [0, 0.05) is 5.41 Å². The van der Waals surface area contributed by atoms with Gasteiger partial charge >= 0.3 is 0 Å². The van der Waals surface area contributed by atoms with Crippen LogP contribution < -0.4 is 5.73 Å². The van der Waals surface area contributed by atoms with Crippen LogP contribution in [0.4, 0.5) is 0 Å². The fourth-order valence-electron chi connectivity index (χ4n) is 1.13. The van der Waals surface area contributed by atoms with Crippen LogP contribution in [-0.4, -0.2) is 0 Å². The van der Waals surface area contributed by atoms with Crippen LogP contribution in [-0.2, 0) is 0 Å². The van der Waals surface area contributed by atoms with Crippen molar-refractivity contribution >= 4 is 12.6 Å². The third-order valence-corrected chi connectivity index (χ3v) is 2.93. The summed E-state index contributed by atoms with van der Waals surface area (Å²) in [7, 11) is 0. The van der Waals surface area contributed by atoms with Crippen LogP contribution >= 0.6 is 12.6 Å². The quantitative estimate of drug-likeness (QED) is 0.649. The molecule has 0 aliphatic carbocycles. The minimum absolute atomic E-state index is 0.0700. The Hall–Kier alpha value is -0.370. The van der Waals surface area contributed by atoms with Crippen molar-refractivity contribution in [2.24, 2.45) is 11.1 Å². The molecule has 0 saturated heterocycles. The van der Waals surface area contributed by atoms with E-state index in [1.807, 2.05) is 13.0 Å². The van der Waals surface area contributed by atoms with E-state index in [0.717, 1.165) is 11.3 Å². The summed E-state index contributed by atoms with van der Waals surface area (Å²) < 4.78 is 0. The minimum Gasteiger partial charge on any atom is -0.405 e. The second-order valence-electron chi connectivity index (χ2n) is 3.34. The fourth-order valence-corrected chi connectivity index (χ4v) is 1.39. The minimum atomic E-state index is 0.0700. The van der Waals surface area contributed by atoms with Crippen molar-refractivity contribution < 1.29 is 0 Å². The highest BCUT2D eigenvalue weighted by Gasteiger charge is 2.21. The smallest absolute Gasteiger partial charge is 0.00849 e. The van der Waals surface area contributed by atoms with Gasteiger partial charge in [-0.3, -0.25) is 0 Å². The Kier molecular flexibility index (Phi) is 4.46. The number of rotatable bonds is 3. The van der Waals surface area contributed by atoms with Crippen LogP contribution in [0, 0.1) is 5.41 Å². The summed E-state index contributed by atoms with van der Waals surface area (Å²) >= 11 is 4.34. The summed E-state index contributed by atoms with van der Waals surface area (Å²) in [6.45, 7) is 8.44. The van der Waals surface area contributed by atoms with Crippen LogP contribution in [0.1, 0.15) is 34.1 Å². The van der Waals surface area contributed by atoms with Crippen molar-refractivity contribution in [2.45, 2.75) is 34.1 Å². The number of hydrogen-bond acceptors (Lipinski definition) is 2. The van der Waals surface area contributed by atoms with E-state index in [2.05, 4.69) is 33.4 Å². The van der Waals surface area contributed by atoms with Gasteiger partial charge in [-0.25, -0.2) is 0 Å². The molecule has 70 valence electrons. The number of allylic oxidation sites excluding steroid dienone is 3.